The third-order valence-electron chi connectivity index (χ3n) is 10.7. The van der Waals surface area contributed by atoms with E-state index in [1.54, 1.807) is 44.2 Å². The number of ether oxygens (including phenoxy) is 4. The zero-order valence-electron chi connectivity index (χ0n) is 24.4. The van der Waals surface area contributed by atoms with Crippen molar-refractivity contribution in [1.29, 1.82) is 0 Å². The molecule has 10 nitrogen and oxygen atoms in total. The highest BCUT2D eigenvalue weighted by molar-refractivity contribution is 5.93. The molecule has 3 saturated carbocycles. The number of hydrogen-bond donors (Lipinski definition) is 2. The van der Waals surface area contributed by atoms with Gasteiger partial charge in [0.2, 0.25) is 0 Å². The highest BCUT2D eigenvalue weighted by Gasteiger charge is 2.78. The highest BCUT2D eigenvalue weighted by Crippen LogP contribution is 2.65. The molecule has 0 amide bonds. The molecule has 4 aliphatic rings. The molecule has 1 saturated heterocycles. The molecule has 0 radical (unpaired) electrons. The van der Waals surface area contributed by atoms with Crippen molar-refractivity contribution in [3.63, 3.8) is 0 Å². The smallest absolute Gasteiger partial charge is 0.338 e. The van der Waals surface area contributed by atoms with Crippen molar-refractivity contribution in [2.24, 2.45) is 28.6 Å². The first kappa shape index (κ1) is 29.7. The van der Waals surface area contributed by atoms with Gasteiger partial charge in [-0.3, -0.25) is 14.4 Å². The first-order chi connectivity index (χ1) is 19.1. The fraction of sp³-hybridized carbons (Fsp3) is 0.677. The molecule has 2 N–H and O–H groups in total. The summed E-state index contributed by atoms with van der Waals surface area (Å²) in [5.41, 5.74) is -5.91. The minimum atomic E-state index is -1.77. The molecule has 10 heteroatoms. The van der Waals surface area contributed by atoms with Gasteiger partial charge in [0.25, 0.3) is 0 Å². The minimum Gasteiger partial charge on any atom is -0.455 e. The standard InChI is InChI=1S/C31H40O10/c1-16-12-13-31(37)26(40-27(36)19-10-8-7-9-11-19)24-29(6,20(34)14-21-30(24,15-38-21)41-18(3)33)25(35)23(39-17(2)32)22(16)28(31,4)5/h7-11,16,20-24,26,34,37H,12-15H2,1-6H3/t16?,20-,21?,22?,23+,24+,26+,29?,30-,31+/m0/s1. The number of Topliss-reactive ketones (excluding diaryl/α,β-unsaturated/α-hetero) is 1. The molecule has 10 atom stereocenters. The Morgan fingerprint density at radius 3 is 2.24 bits per heavy atom. The van der Waals surface area contributed by atoms with Gasteiger partial charge in [0.15, 0.2) is 17.5 Å². The van der Waals surface area contributed by atoms with Crippen LogP contribution in [0.5, 0.6) is 0 Å². The Morgan fingerprint density at radius 2 is 1.68 bits per heavy atom. The first-order valence-corrected chi connectivity index (χ1v) is 14.3. The van der Waals surface area contributed by atoms with Crippen molar-refractivity contribution in [3.8, 4) is 0 Å². The quantitative estimate of drug-likeness (QED) is 0.408. The fourth-order valence-electron chi connectivity index (χ4n) is 8.51. The number of carbonyl (C=O) groups excluding carboxylic acids is 4. The lowest BCUT2D eigenvalue weighted by Crippen LogP contribution is -2.82. The lowest BCUT2D eigenvalue weighted by molar-refractivity contribution is -0.352. The lowest BCUT2D eigenvalue weighted by atomic mass is 9.42. The van der Waals surface area contributed by atoms with Gasteiger partial charge in [0.1, 0.15) is 17.8 Å². The van der Waals surface area contributed by atoms with Crippen LogP contribution in [0.1, 0.15) is 71.2 Å². The Balaban J connectivity index is 1.79. The first-order valence-electron chi connectivity index (χ1n) is 14.3. The number of rotatable bonds is 4. The Kier molecular flexibility index (Phi) is 7.15. The number of aliphatic hydroxyl groups is 2. The summed E-state index contributed by atoms with van der Waals surface area (Å²) < 4.78 is 23.8. The van der Waals surface area contributed by atoms with Gasteiger partial charge in [-0.2, -0.15) is 0 Å². The van der Waals surface area contributed by atoms with Crippen molar-refractivity contribution in [1.82, 2.24) is 0 Å². The number of aliphatic hydroxyl groups excluding tert-OH is 1. The molecule has 1 aliphatic heterocycles. The van der Waals surface area contributed by atoms with Crippen molar-refractivity contribution in [2.75, 3.05) is 6.61 Å². The number of carbonyl (C=O) groups is 4. The number of hydrogen-bond acceptors (Lipinski definition) is 10. The maximum absolute atomic E-state index is 14.8. The van der Waals surface area contributed by atoms with Crippen LogP contribution < -0.4 is 0 Å². The second-order valence-electron chi connectivity index (χ2n) is 13.1. The van der Waals surface area contributed by atoms with Gasteiger partial charge in [-0.15, -0.1) is 0 Å². The molecule has 4 unspecified atom stereocenters. The predicted octanol–water partition coefficient (Wildman–Crippen LogP) is 2.62. The van der Waals surface area contributed by atoms with Gasteiger partial charge in [-0.25, -0.2) is 4.79 Å². The van der Waals surface area contributed by atoms with Crippen LogP contribution in [-0.4, -0.2) is 76.1 Å². The van der Waals surface area contributed by atoms with E-state index in [0.717, 1.165) is 0 Å². The second-order valence-corrected chi connectivity index (χ2v) is 13.1. The van der Waals surface area contributed by atoms with Crippen LogP contribution in [0.15, 0.2) is 30.3 Å². The fourth-order valence-corrected chi connectivity index (χ4v) is 8.51. The maximum atomic E-state index is 14.8. The molecule has 2 bridgehead atoms. The molecule has 1 aromatic rings. The summed E-state index contributed by atoms with van der Waals surface area (Å²) in [5, 5.41) is 24.6. The zero-order valence-corrected chi connectivity index (χ0v) is 24.4. The van der Waals surface area contributed by atoms with Gasteiger partial charge in [-0.1, -0.05) is 39.0 Å². The van der Waals surface area contributed by atoms with Gasteiger partial charge >= 0.3 is 17.9 Å². The number of fused-ring (bicyclic) bond motifs is 5. The Labute approximate surface area is 239 Å². The second kappa shape index (κ2) is 9.88. The summed E-state index contributed by atoms with van der Waals surface area (Å²) >= 11 is 0. The molecule has 5 rings (SSSR count). The normalized spacial score (nSPS) is 42.7. The molecule has 4 fully saturated rings. The van der Waals surface area contributed by atoms with E-state index in [-0.39, 0.29) is 30.9 Å². The van der Waals surface area contributed by atoms with Crippen molar-refractivity contribution < 1.29 is 48.3 Å². The average Bonchev–Trinajstić information content (AvgIpc) is 2.89. The van der Waals surface area contributed by atoms with Crippen LogP contribution in [-0.2, 0) is 33.3 Å². The van der Waals surface area contributed by atoms with E-state index >= 15 is 0 Å². The number of ketones is 1. The van der Waals surface area contributed by atoms with Crippen LogP contribution in [0.4, 0.5) is 0 Å². The summed E-state index contributed by atoms with van der Waals surface area (Å²) in [6.07, 6.45) is -4.25. The van der Waals surface area contributed by atoms with E-state index in [4.69, 9.17) is 18.9 Å². The van der Waals surface area contributed by atoms with Crippen LogP contribution in [0.2, 0.25) is 0 Å². The van der Waals surface area contributed by atoms with Gasteiger partial charge in [-0.05, 0) is 37.8 Å². The Morgan fingerprint density at radius 1 is 1.02 bits per heavy atom. The molecular weight excluding hydrogens is 532 g/mol. The van der Waals surface area contributed by atoms with Crippen LogP contribution >= 0.6 is 0 Å². The summed E-state index contributed by atoms with van der Waals surface area (Å²) in [7, 11) is 0. The topological polar surface area (TPSA) is 146 Å². The van der Waals surface area contributed by atoms with E-state index in [0.29, 0.717) is 6.42 Å². The van der Waals surface area contributed by atoms with Crippen molar-refractivity contribution in [2.45, 2.75) is 96.4 Å². The molecule has 3 aliphatic carbocycles. The summed E-state index contributed by atoms with van der Waals surface area (Å²) in [6, 6.07) is 8.29. The molecule has 0 spiro atoms. The number of esters is 3. The van der Waals surface area contributed by atoms with Crippen LogP contribution in [0.3, 0.4) is 0 Å². The SMILES string of the molecule is CC(=O)O[C@H]1C(=O)C2(C)[C@@H]([C@@H](OC(=O)c3ccccc3)[C@]3(O)CCC(C)C1C3(C)C)[C@]1(OC(C)=O)COC1C[C@@H]2O. The van der Waals surface area contributed by atoms with Gasteiger partial charge in [0.05, 0.1) is 29.6 Å². The third-order valence-corrected chi connectivity index (χ3v) is 10.7. The molecule has 224 valence electrons. The third kappa shape index (κ3) is 4.16. The Hall–Kier alpha value is -2.82. The van der Waals surface area contributed by atoms with Gasteiger partial charge in [0, 0.05) is 31.6 Å². The van der Waals surface area contributed by atoms with E-state index < -0.39 is 82.0 Å². The molecule has 41 heavy (non-hydrogen) atoms. The van der Waals surface area contributed by atoms with Crippen molar-refractivity contribution >= 4 is 23.7 Å². The van der Waals surface area contributed by atoms with Crippen molar-refractivity contribution in [3.05, 3.63) is 35.9 Å². The number of benzene rings is 1. The largest absolute Gasteiger partial charge is 0.455 e. The Bertz CT molecular complexity index is 1240. The van der Waals surface area contributed by atoms with Crippen LogP contribution in [0.25, 0.3) is 0 Å². The van der Waals surface area contributed by atoms with E-state index in [1.165, 1.54) is 20.8 Å². The lowest BCUT2D eigenvalue weighted by Gasteiger charge is -2.68. The highest BCUT2D eigenvalue weighted by atomic mass is 16.6. The molecule has 0 aromatic heterocycles. The summed E-state index contributed by atoms with van der Waals surface area (Å²) in [5.74, 6) is -4.64. The zero-order chi connectivity index (χ0) is 30.1. The molecule has 1 aromatic carbocycles. The average molecular weight is 573 g/mol. The predicted molar refractivity (Wildman–Crippen MR) is 143 cm³/mol. The van der Waals surface area contributed by atoms with Crippen LogP contribution in [0, 0.1) is 28.6 Å². The van der Waals surface area contributed by atoms with E-state index in [1.807, 2.05) is 6.92 Å². The van der Waals surface area contributed by atoms with Gasteiger partial charge < -0.3 is 29.2 Å². The van der Waals surface area contributed by atoms with E-state index in [2.05, 4.69) is 0 Å². The summed E-state index contributed by atoms with van der Waals surface area (Å²) in [4.78, 5) is 53.4. The molecular formula is C31H40O10. The monoisotopic (exact) mass is 572 g/mol. The minimum absolute atomic E-state index is 0.0415. The molecule has 1 heterocycles. The maximum Gasteiger partial charge on any atom is 0.338 e. The summed E-state index contributed by atoms with van der Waals surface area (Å²) in [6.45, 7) is 9.38. The van der Waals surface area contributed by atoms with E-state index in [9.17, 15) is 29.4 Å².